The molecule has 2 aromatic heterocycles. The lowest BCUT2D eigenvalue weighted by Gasteiger charge is -2.09. The van der Waals surface area contributed by atoms with Crippen molar-refractivity contribution in [3.63, 3.8) is 0 Å². The molecule has 7 heteroatoms. The fraction of sp³-hybridized carbons (Fsp3) is 0.250. The number of hydrogen-bond donors (Lipinski definition) is 1. The monoisotopic (exact) mass is 332 g/mol. The maximum atomic E-state index is 6.06. The number of methoxy groups -OCH3 is 2. The molecule has 0 bridgehead atoms. The summed E-state index contributed by atoms with van der Waals surface area (Å²) in [6.45, 7) is 0. The molecule has 0 fully saturated rings. The molecule has 2 heterocycles. The third-order valence-corrected chi connectivity index (χ3v) is 3.86. The van der Waals surface area contributed by atoms with Crippen LogP contribution in [-0.4, -0.2) is 28.8 Å². The molecule has 0 aliphatic rings. The Hall–Kier alpha value is -2.47. The third kappa shape index (κ3) is 3.03. The Bertz CT molecular complexity index is 847. The predicted molar refractivity (Wildman–Crippen MR) is 89.4 cm³/mol. The zero-order valence-corrected chi connectivity index (χ0v) is 13.7. The van der Waals surface area contributed by atoms with Gasteiger partial charge in [-0.3, -0.25) is 4.40 Å². The van der Waals surface area contributed by atoms with Crippen LogP contribution < -0.4 is 15.2 Å². The average molecular weight is 333 g/mol. The van der Waals surface area contributed by atoms with Gasteiger partial charge in [0.1, 0.15) is 5.82 Å². The summed E-state index contributed by atoms with van der Waals surface area (Å²) in [6.07, 6.45) is 3.27. The number of pyridine rings is 1. The summed E-state index contributed by atoms with van der Waals surface area (Å²) in [7, 11) is 3.24. The fourth-order valence-electron chi connectivity index (χ4n) is 2.49. The predicted octanol–water partition coefficient (Wildman–Crippen LogP) is 2.77. The molecule has 120 valence electrons. The van der Waals surface area contributed by atoms with Gasteiger partial charge in [-0.15, -0.1) is 10.2 Å². The highest BCUT2D eigenvalue weighted by molar-refractivity contribution is 6.30. The second kappa shape index (κ2) is 6.34. The second-order valence-corrected chi connectivity index (χ2v) is 5.55. The molecule has 0 atom stereocenters. The van der Waals surface area contributed by atoms with Gasteiger partial charge in [-0.2, -0.15) is 0 Å². The van der Waals surface area contributed by atoms with E-state index in [4.69, 9.17) is 26.8 Å². The molecular formula is C16H17ClN4O2. The first-order valence-electron chi connectivity index (χ1n) is 7.12. The van der Waals surface area contributed by atoms with E-state index in [9.17, 15) is 0 Å². The van der Waals surface area contributed by atoms with Crippen LogP contribution in [0.2, 0.25) is 5.02 Å². The van der Waals surface area contributed by atoms with Crippen LogP contribution in [0.5, 0.6) is 11.5 Å². The van der Waals surface area contributed by atoms with Gasteiger partial charge >= 0.3 is 0 Å². The maximum Gasteiger partial charge on any atom is 0.184 e. The van der Waals surface area contributed by atoms with E-state index in [0.717, 1.165) is 17.8 Å². The summed E-state index contributed by atoms with van der Waals surface area (Å²) in [4.78, 5) is 0. The number of ether oxygens (including phenoxy) is 2. The smallest absolute Gasteiger partial charge is 0.184 e. The zero-order chi connectivity index (χ0) is 16.4. The topological polar surface area (TPSA) is 74.7 Å². The number of fused-ring (bicyclic) bond motifs is 1. The van der Waals surface area contributed by atoms with E-state index in [-0.39, 0.29) is 0 Å². The highest BCUT2D eigenvalue weighted by atomic mass is 35.5. The Morgan fingerprint density at radius 1 is 1.09 bits per heavy atom. The highest BCUT2D eigenvalue weighted by Crippen LogP contribution is 2.28. The number of halogens is 1. The third-order valence-electron chi connectivity index (χ3n) is 3.66. The van der Waals surface area contributed by atoms with Crippen LogP contribution in [0.4, 0.5) is 5.69 Å². The SMILES string of the molecule is COc1ccc(CCc2nnc3c(N)cc(Cl)cn23)cc1OC. The van der Waals surface area contributed by atoms with Crippen molar-refractivity contribution in [3.8, 4) is 11.5 Å². The summed E-state index contributed by atoms with van der Waals surface area (Å²) in [5.74, 6) is 2.23. The van der Waals surface area contributed by atoms with E-state index < -0.39 is 0 Å². The number of aryl methyl sites for hydroxylation is 2. The lowest BCUT2D eigenvalue weighted by molar-refractivity contribution is 0.354. The number of benzene rings is 1. The molecule has 0 unspecified atom stereocenters. The van der Waals surface area contributed by atoms with Gasteiger partial charge in [0.25, 0.3) is 0 Å². The van der Waals surface area contributed by atoms with E-state index in [1.807, 2.05) is 22.6 Å². The molecule has 23 heavy (non-hydrogen) atoms. The molecule has 0 saturated heterocycles. The number of aromatic nitrogens is 3. The van der Waals surface area contributed by atoms with Crippen molar-refractivity contribution in [2.24, 2.45) is 0 Å². The van der Waals surface area contributed by atoms with Crippen LogP contribution >= 0.6 is 11.6 Å². The molecule has 0 saturated carbocycles. The molecule has 0 radical (unpaired) electrons. The van der Waals surface area contributed by atoms with E-state index in [1.165, 1.54) is 0 Å². The number of anilines is 1. The first-order chi connectivity index (χ1) is 11.1. The van der Waals surface area contributed by atoms with Crippen LogP contribution in [0, 0.1) is 0 Å². The molecule has 6 nitrogen and oxygen atoms in total. The van der Waals surface area contributed by atoms with E-state index in [0.29, 0.717) is 34.3 Å². The quantitative estimate of drug-likeness (QED) is 0.777. The van der Waals surface area contributed by atoms with Gasteiger partial charge in [-0.05, 0) is 30.2 Å². The molecule has 0 aliphatic carbocycles. The average Bonchev–Trinajstić information content (AvgIpc) is 2.95. The number of nitrogen functional groups attached to an aromatic ring is 1. The molecule has 3 aromatic rings. The largest absolute Gasteiger partial charge is 0.493 e. The van der Waals surface area contributed by atoms with E-state index in [1.54, 1.807) is 26.5 Å². The van der Waals surface area contributed by atoms with Crippen LogP contribution in [-0.2, 0) is 12.8 Å². The molecule has 0 spiro atoms. The first kappa shape index (κ1) is 15.4. The van der Waals surface area contributed by atoms with Crippen molar-refractivity contribution >= 4 is 22.9 Å². The summed E-state index contributed by atoms with van der Waals surface area (Å²) in [6, 6.07) is 7.53. The van der Waals surface area contributed by atoms with Crippen molar-refractivity contribution in [1.29, 1.82) is 0 Å². The van der Waals surface area contributed by atoms with Gasteiger partial charge in [0.05, 0.1) is 24.9 Å². The van der Waals surface area contributed by atoms with Gasteiger partial charge < -0.3 is 15.2 Å². The van der Waals surface area contributed by atoms with Gasteiger partial charge in [-0.1, -0.05) is 17.7 Å². The molecule has 1 aromatic carbocycles. The Morgan fingerprint density at radius 2 is 1.87 bits per heavy atom. The minimum Gasteiger partial charge on any atom is -0.493 e. The lowest BCUT2D eigenvalue weighted by Crippen LogP contribution is -2.00. The molecule has 3 rings (SSSR count). The van der Waals surface area contributed by atoms with Crippen molar-refractivity contribution in [1.82, 2.24) is 14.6 Å². The zero-order valence-electron chi connectivity index (χ0n) is 12.9. The van der Waals surface area contributed by atoms with Crippen molar-refractivity contribution < 1.29 is 9.47 Å². The van der Waals surface area contributed by atoms with Gasteiger partial charge in [0.2, 0.25) is 0 Å². The highest BCUT2D eigenvalue weighted by Gasteiger charge is 2.10. The Balaban J connectivity index is 1.84. The minimum atomic E-state index is 0.516. The second-order valence-electron chi connectivity index (χ2n) is 5.11. The molecule has 0 amide bonds. The number of rotatable bonds is 5. The van der Waals surface area contributed by atoms with Crippen molar-refractivity contribution in [2.45, 2.75) is 12.8 Å². The van der Waals surface area contributed by atoms with Crippen LogP contribution in [0.3, 0.4) is 0 Å². The standard InChI is InChI=1S/C16H17ClN4O2/c1-22-13-5-3-10(7-14(13)23-2)4-6-15-19-20-16-12(18)8-11(17)9-21(15)16/h3,5,7-9H,4,6,18H2,1-2H3. The van der Waals surface area contributed by atoms with Crippen LogP contribution in [0.25, 0.3) is 5.65 Å². The molecular weight excluding hydrogens is 316 g/mol. The minimum absolute atomic E-state index is 0.516. The lowest BCUT2D eigenvalue weighted by atomic mass is 10.1. The first-order valence-corrected chi connectivity index (χ1v) is 7.49. The normalized spacial score (nSPS) is 10.9. The van der Waals surface area contributed by atoms with Crippen molar-refractivity contribution in [3.05, 3.63) is 46.9 Å². The Kier molecular flexibility index (Phi) is 4.25. The maximum absolute atomic E-state index is 6.06. The molecule has 0 aliphatic heterocycles. The summed E-state index contributed by atoms with van der Waals surface area (Å²) < 4.78 is 12.4. The Morgan fingerprint density at radius 3 is 2.61 bits per heavy atom. The van der Waals surface area contributed by atoms with E-state index in [2.05, 4.69) is 10.2 Å². The summed E-state index contributed by atoms with van der Waals surface area (Å²) in [5, 5.41) is 8.88. The van der Waals surface area contributed by atoms with Gasteiger partial charge in [0, 0.05) is 12.6 Å². The number of hydrogen-bond acceptors (Lipinski definition) is 5. The number of nitrogens with two attached hydrogens (primary N) is 1. The van der Waals surface area contributed by atoms with Crippen molar-refractivity contribution in [2.75, 3.05) is 20.0 Å². The van der Waals surface area contributed by atoms with Crippen LogP contribution in [0.1, 0.15) is 11.4 Å². The van der Waals surface area contributed by atoms with E-state index >= 15 is 0 Å². The summed E-state index contributed by atoms with van der Waals surface area (Å²) in [5.41, 5.74) is 8.17. The van der Waals surface area contributed by atoms with Gasteiger partial charge in [0.15, 0.2) is 17.1 Å². The molecule has 2 N–H and O–H groups in total. The van der Waals surface area contributed by atoms with Gasteiger partial charge in [-0.25, -0.2) is 0 Å². The Labute approximate surface area is 138 Å². The number of nitrogens with zero attached hydrogens (tertiary/aromatic N) is 3. The summed E-state index contributed by atoms with van der Waals surface area (Å²) >= 11 is 6.06. The van der Waals surface area contributed by atoms with Crippen LogP contribution in [0.15, 0.2) is 30.5 Å². The fourth-order valence-corrected chi connectivity index (χ4v) is 2.71.